The number of carbonyl (C=O) groups excluding carboxylic acids is 2. The van der Waals surface area contributed by atoms with Crippen LogP contribution in [0.3, 0.4) is 0 Å². The van der Waals surface area contributed by atoms with Crippen molar-refractivity contribution in [1.29, 1.82) is 0 Å². The fourth-order valence-electron chi connectivity index (χ4n) is 1.61. The van der Waals surface area contributed by atoms with E-state index >= 15 is 0 Å². The molecule has 2 aromatic rings. The van der Waals surface area contributed by atoms with E-state index in [2.05, 4.69) is 15.6 Å². The van der Waals surface area contributed by atoms with Gasteiger partial charge in [0.2, 0.25) is 0 Å². The van der Waals surface area contributed by atoms with Crippen molar-refractivity contribution < 1.29 is 14.0 Å². The van der Waals surface area contributed by atoms with Gasteiger partial charge in [-0.2, -0.15) is 0 Å². The van der Waals surface area contributed by atoms with E-state index in [1.807, 2.05) is 0 Å². The topological polar surface area (TPSA) is 71.1 Å². The van der Waals surface area contributed by atoms with Crippen molar-refractivity contribution >= 4 is 45.6 Å². The number of nitrogens with zero attached hydrogens (tertiary/aromatic N) is 1. The molecular weight excluding hydrogens is 317 g/mol. The molecule has 21 heavy (non-hydrogen) atoms. The number of halogens is 2. The zero-order valence-corrected chi connectivity index (χ0v) is 12.7. The van der Waals surface area contributed by atoms with Crippen molar-refractivity contribution in [2.45, 2.75) is 13.8 Å². The van der Waals surface area contributed by atoms with Gasteiger partial charge in [0.05, 0.1) is 15.6 Å². The van der Waals surface area contributed by atoms with E-state index in [1.54, 1.807) is 6.92 Å². The summed E-state index contributed by atoms with van der Waals surface area (Å²) in [7, 11) is 0. The molecule has 0 radical (unpaired) electrons. The molecule has 0 saturated heterocycles. The summed E-state index contributed by atoms with van der Waals surface area (Å²) in [6, 6.07) is 3.28. The van der Waals surface area contributed by atoms with Crippen molar-refractivity contribution in [3.63, 3.8) is 0 Å². The Bertz CT molecular complexity index is 717. The van der Waals surface area contributed by atoms with Crippen LogP contribution in [0.1, 0.15) is 22.3 Å². The third-order valence-electron chi connectivity index (χ3n) is 2.51. The third kappa shape index (κ3) is 3.77. The number of aromatic nitrogens is 1. The Balaban J connectivity index is 2.06. The van der Waals surface area contributed by atoms with E-state index in [9.17, 15) is 14.0 Å². The second-order valence-corrected chi connectivity index (χ2v) is 5.60. The average Bonchev–Trinajstić information content (AvgIpc) is 2.75. The Hall–Kier alpha value is -1.99. The first-order chi connectivity index (χ1) is 9.86. The summed E-state index contributed by atoms with van der Waals surface area (Å²) in [4.78, 5) is 27.7. The zero-order chi connectivity index (χ0) is 15.6. The van der Waals surface area contributed by atoms with E-state index in [0.29, 0.717) is 21.4 Å². The van der Waals surface area contributed by atoms with Gasteiger partial charge in [-0.1, -0.05) is 22.9 Å². The summed E-state index contributed by atoms with van der Waals surface area (Å²) in [6.45, 7) is 3.13. The molecule has 0 saturated carbocycles. The number of anilines is 2. The number of nitrogens with one attached hydrogen (secondary N) is 2. The number of amides is 2. The molecule has 0 aliphatic rings. The van der Waals surface area contributed by atoms with Crippen LogP contribution in [0, 0.1) is 12.7 Å². The van der Waals surface area contributed by atoms with Gasteiger partial charge >= 0.3 is 6.03 Å². The van der Waals surface area contributed by atoms with Crippen LogP contribution in [0.25, 0.3) is 0 Å². The van der Waals surface area contributed by atoms with E-state index in [-0.39, 0.29) is 10.8 Å². The molecule has 0 unspecified atom stereocenters. The van der Waals surface area contributed by atoms with Crippen LogP contribution in [-0.2, 0) is 0 Å². The first kappa shape index (κ1) is 15.4. The highest BCUT2D eigenvalue weighted by molar-refractivity contribution is 7.17. The summed E-state index contributed by atoms with van der Waals surface area (Å²) in [6.07, 6.45) is 0. The lowest BCUT2D eigenvalue weighted by Crippen LogP contribution is -2.19. The Morgan fingerprint density at radius 2 is 2.05 bits per heavy atom. The van der Waals surface area contributed by atoms with Crippen LogP contribution < -0.4 is 10.6 Å². The number of hydrogen-bond donors (Lipinski definition) is 2. The quantitative estimate of drug-likeness (QED) is 0.834. The Kier molecular flexibility index (Phi) is 4.54. The second kappa shape index (κ2) is 6.19. The van der Waals surface area contributed by atoms with Gasteiger partial charge in [-0.05, 0) is 25.1 Å². The van der Waals surface area contributed by atoms with Crippen molar-refractivity contribution in [2.75, 3.05) is 10.6 Å². The van der Waals surface area contributed by atoms with E-state index in [4.69, 9.17) is 11.6 Å². The van der Waals surface area contributed by atoms with Gasteiger partial charge in [0.25, 0.3) is 0 Å². The standard InChI is InChI=1S/C13H11ClFN3O2S/c1-6-11(7(2)19)21-13(16-6)18-12(20)17-8-3-4-10(15)9(14)5-8/h3-5H,1-2H3,(H2,16,17,18,20). The van der Waals surface area contributed by atoms with Crippen LogP contribution in [0.2, 0.25) is 5.02 Å². The molecule has 110 valence electrons. The minimum Gasteiger partial charge on any atom is -0.308 e. The van der Waals surface area contributed by atoms with Gasteiger partial charge in [-0.25, -0.2) is 14.2 Å². The molecule has 2 rings (SSSR count). The summed E-state index contributed by atoms with van der Waals surface area (Å²) >= 11 is 6.72. The Labute approximate surface area is 129 Å². The third-order valence-corrected chi connectivity index (χ3v) is 3.98. The largest absolute Gasteiger partial charge is 0.325 e. The average molecular weight is 328 g/mol. The van der Waals surface area contributed by atoms with Gasteiger partial charge < -0.3 is 5.32 Å². The van der Waals surface area contributed by atoms with E-state index in [1.165, 1.54) is 19.1 Å². The molecule has 0 fully saturated rings. The highest BCUT2D eigenvalue weighted by atomic mass is 35.5. The van der Waals surface area contributed by atoms with Crippen molar-refractivity contribution in [3.05, 3.63) is 39.6 Å². The van der Waals surface area contributed by atoms with Gasteiger partial charge in [0, 0.05) is 12.6 Å². The normalized spacial score (nSPS) is 10.3. The number of urea groups is 1. The predicted octanol–water partition coefficient (Wildman–Crippen LogP) is 4.09. The molecule has 1 aromatic heterocycles. The summed E-state index contributed by atoms with van der Waals surface area (Å²) in [5.74, 6) is -0.673. The Morgan fingerprint density at radius 1 is 1.33 bits per heavy atom. The van der Waals surface area contributed by atoms with E-state index < -0.39 is 11.8 Å². The van der Waals surface area contributed by atoms with Crippen LogP contribution in [0.15, 0.2) is 18.2 Å². The van der Waals surface area contributed by atoms with Gasteiger partial charge in [-0.3, -0.25) is 10.1 Å². The first-order valence-corrected chi connectivity index (χ1v) is 7.07. The smallest absolute Gasteiger partial charge is 0.308 e. The molecule has 2 N–H and O–H groups in total. The highest BCUT2D eigenvalue weighted by Crippen LogP contribution is 2.23. The van der Waals surface area contributed by atoms with Crippen molar-refractivity contribution in [1.82, 2.24) is 4.98 Å². The van der Waals surface area contributed by atoms with Gasteiger partial charge in [0.15, 0.2) is 10.9 Å². The molecule has 8 heteroatoms. The number of thiazole rings is 1. The van der Waals surface area contributed by atoms with Crippen molar-refractivity contribution in [2.24, 2.45) is 0 Å². The number of Topliss-reactive ketones (excluding diaryl/α,β-unsaturated/α-hetero) is 1. The highest BCUT2D eigenvalue weighted by Gasteiger charge is 2.13. The molecule has 0 bridgehead atoms. The molecule has 0 aliphatic carbocycles. The molecule has 0 spiro atoms. The lowest BCUT2D eigenvalue weighted by Gasteiger charge is -2.05. The Morgan fingerprint density at radius 3 is 2.62 bits per heavy atom. The molecule has 0 aliphatic heterocycles. The maximum absolute atomic E-state index is 13.0. The maximum atomic E-state index is 13.0. The number of hydrogen-bond acceptors (Lipinski definition) is 4. The molecule has 1 aromatic carbocycles. The van der Waals surface area contributed by atoms with E-state index in [0.717, 1.165) is 17.4 Å². The lowest BCUT2D eigenvalue weighted by atomic mass is 10.3. The monoisotopic (exact) mass is 327 g/mol. The number of ketones is 1. The zero-order valence-electron chi connectivity index (χ0n) is 11.2. The second-order valence-electron chi connectivity index (χ2n) is 4.20. The number of carbonyl (C=O) groups is 2. The molecular formula is C13H11ClFN3O2S. The van der Waals surface area contributed by atoms with Crippen LogP contribution in [0.4, 0.5) is 20.0 Å². The maximum Gasteiger partial charge on any atom is 0.325 e. The summed E-state index contributed by atoms with van der Waals surface area (Å²) in [5, 5.41) is 5.23. The molecule has 2 amide bonds. The van der Waals surface area contributed by atoms with Gasteiger partial charge in [0.1, 0.15) is 5.82 Å². The lowest BCUT2D eigenvalue weighted by molar-refractivity contribution is 0.102. The SMILES string of the molecule is CC(=O)c1sc(NC(=O)Nc2ccc(F)c(Cl)c2)nc1C. The summed E-state index contributed by atoms with van der Waals surface area (Å²) < 4.78 is 13.0. The van der Waals surface area contributed by atoms with Crippen molar-refractivity contribution in [3.8, 4) is 0 Å². The molecule has 1 heterocycles. The van der Waals surface area contributed by atoms with Crippen LogP contribution >= 0.6 is 22.9 Å². The number of rotatable bonds is 3. The fraction of sp³-hybridized carbons (Fsp3) is 0.154. The number of benzene rings is 1. The first-order valence-electron chi connectivity index (χ1n) is 5.88. The van der Waals surface area contributed by atoms with Crippen LogP contribution in [0.5, 0.6) is 0 Å². The molecule has 0 atom stereocenters. The van der Waals surface area contributed by atoms with Crippen LogP contribution in [-0.4, -0.2) is 16.8 Å². The summed E-state index contributed by atoms with van der Waals surface area (Å²) in [5.41, 5.74) is 0.909. The van der Waals surface area contributed by atoms with Gasteiger partial charge in [-0.15, -0.1) is 0 Å². The minimum absolute atomic E-state index is 0.0863. The minimum atomic E-state index is -0.565. The fourth-order valence-corrected chi connectivity index (χ4v) is 2.65. The molecule has 5 nitrogen and oxygen atoms in total. The number of aryl methyl sites for hydroxylation is 1. The predicted molar refractivity (Wildman–Crippen MR) is 80.9 cm³/mol.